The second-order valence-corrected chi connectivity index (χ2v) is 9.52. The third kappa shape index (κ3) is 9.73. The second kappa shape index (κ2) is 16.5. The number of hydrogen-bond acceptors (Lipinski definition) is 8. The fourth-order valence-electron chi connectivity index (χ4n) is 4.34. The molecule has 0 fully saturated rings. The van der Waals surface area contributed by atoms with E-state index in [1.165, 1.54) is 30.3 Å². The van der Waals surface area contributed by atoms with Crippen molar-refractivity contribution < 1.29 is 48.6 Å². The summed E-state index contributed by atoms with van der Waals surface area (Å²) in [5.74, 6) is -6.72. The normalized spacial score (nSPS) is 12.8. The summed E-state index contributed by atoms with van der Waals surface area (Å²) in [6.07, 6.45) is 2.50. The minimum absolute atomic E-state index is 0.0445. The van der Waals surface area contributed by atoms with Gasteiger partial charge in [-0.1, -0.05) is 45.2 Å². The first-order valence-electron chi connectivity index (χ1n) is 13.5. The summed E-state index contributed by atoms with van der Waals surface area (Å²) in [5.41, 5.74) is 2.05. The van der Waals surface area contributed by atoms with Crippen LogP contribution in [0.15, 0.2) is 40.8 Å². The number of furan rings is 1. The molecular weight excluding hydrogens is 552 g/mol. The number of carboxylic acids is 2. The van der Waals surface area contributed by atoms with Crippen LogP contribution in [0.4, 0.5) is 0 Å². The molecule has 1 aromatic carbocycles. The van der Waals surface area contributed by atoms with Crippen molar-refractivity contribution in [2.24, 2.45) is 11.8 Å². The predicted octanol–water partition coefficient (Wildman–Crippen LogP) is 2.14. The van der Waals surface area contributed by atoms with Gasteiger partial charge in [0.2, 0.25) is 11.8 Å². The number of rotatable bonds is 17. The maximum absolute atomic E-state index is 12.9. The lowest BCUT2D eigenvalue weighted by Gasteiger charge is -2.24. The lowest BCUT2D eigenvalue weighted by atomic mass is 9.84. The summed E-state index contributed by atoms with van der Waals surface area (Å²) in [6.45, 7) is 3.51. The van der Waals surface area contributed by atoms with Crippen molar-refractivity contribution in [2.75, 3.05) is 6.67 Å². The number of aliphatic carboxylic acids is 2. The first-order chi connectivity index (χ1) is 20.0. The average Bonchev–Trinajstić information content (AvgIpc) is 3.46. The molecule has 0 bridgehead atoms. The largest absolute Gasteiger partial charge is 0.481 e. The number of benzene rings is 1. The van der Waals surface area contributed by atoms with E-state index in [1.54, 1.807) is 18.5 Å². The zero-order chi connectivity index (χ0) is 31.2. The zero-order valence-corrected chi connectivity index (χ0v) is 23.3. The fourth-order valence-corrected chi connectivity index (χ4v) is 4.34. The molecule has 2 aromatic rings. The Morgan fingerprint density at radius 1 is 0.881 bits per heavy atom. The van der Waals surface area contributed by atoms with Gasteiger partial charge < -0.3 is 30.6 Å². The molecule has 42 heavy (non-hydrogen) atoms. The molecule has 0 saturated carbocycles. The van der Waals surface area contributed by atoms with Gasteiger partial charge in [0.15, 0.2) is 5.76 Å². The van der Waals surface area contributed by atoms with Crippen LogP contribution >= 0.6 is 0 Å². The van der Waals surface area contributed by atoms with Crippen molar-refractivity contribution in [3.05, 3.63) is 47.7 Å². The molecular formula is C28H36N4O10. The Hall–Kier alpha value is -4.72. The lowest BCUT2D eigenvalue weighted by Crippen LogP contribution is -2.44. The molecule has 228 valence electrons. The Kier molecular flexibility index (Phi) is 13.2. The highest BCUT2D eigenvalue weighted by molar-refractivity contribution is 5.98. The van der Waals surface area contributed by atoms with Crippen LogP contribution in [-0.4, -0.2) is 63.7 Å². The molecule has 0 radical (unpaired) electrons. The Balaban J connectivity index is 2.03. The summed E-state index contributed by atoms with van der Waals surface area (Å²) in [4.78, 5) is 72.2. The van der Waals surface area contributed by atoms with Crippen molar-refractivity contribution in [3.8, 4) is 11.3 Å². The van der Waals surface area contributed by atoms with Gasteiger partial charge >= 0.3 is 11.9 Å². The number of nitrogens with one attached hydrogen (secondary N) is 4. The molecule has 0 aliphatic carbocycles. The predicted molar refractivity (Wildman–Crippen MR) is 147 cm³/mol. The smallest absolute Gasteiger partial charge is 0.326 e. The zero-order valence-electron chi connectivity index (χ0n) is 23.3. The van der Waals surface area contributed by atoms with Crippen molar-refractivity contribution >= 4 is 35.6 Å². The standard InChI is InChI=1S/C28H36N4O10/c1-3-5-6-10-19(18(4-2)26(37)32-41)25(36)29-15-30-27(38)22-12-11-21(42-22)16-8-7-9-17(13-16)24(35)31-20(28(39)40)14-23(33)34/h7-9,11-13,18-20,41H,3-6,10,14-15H2,1-2H3,(H,29,36)(H,30,38)(H,31,35)(H,32,37)(H,33,34)(H,39,40)/t18-,19-,20+/m1/s1. The number of amides is 4. The molecule has 14 nitrogen and oxygen atoms in total. The Labute approximate surface area is 241 Å². The molecule has 14 heteroatoms. The Morgan fingerprint density at radius 3 is 2.24 bits per heavy atom. The van der Waals surface area contributed by atoms with Gasteiger partial charge in [0.05, 0.1) is 19.0 Å². The third-order valence-corrected chi connectivity index (χ3v) is 6.56. The van der Waals surface area contributed by atoms with E-state index in [0.29, 0.717) is 18.4 Å². The van der Waals surface area contributed by atoms with Crippen LogP contribution in [0.2, 0.25) is 0 Å². The highest BCUT2D eigenvalue weighted by Gasteiger charge is 2.32. The first kappa shape index (κ1) is 33.5. The number of carbonyl (C=O) groups excluding carboxylic acids is 4. The lowest BCUT2D eigenvalue weighted by molar-refractivity contribution is -0.145. The summed E-state index contributed by atoms with van der Waals surface area (Å²) in [7, 11) is 0. The van der Waals surface area contributed by atoms with E-state index in [9.17, 15) is 28.8 Å². The van der Waals surface area contributed by atoms with Gasteiger partial charge in [0.25, 0.3) is 11.8 Å². The van der Waals surface area contributed by atoms with Crippen LogP contribution in [0.5, 0.6) is 0 Å². The molecule has 0 saturated heterocycles. The number of hydrogen-bond donors (Lipinski definition) is 7. The van der Waals surface area contributed by atoms with Crippen LogP contribution in [-0.2, 0) is 19.2 Å². The molecule has 3 atom stereocenters. The van der Waals surface area contributed by atoms with Gasteiger partial charge in [-0.25, -0.2) is 10.3 Å². The van der Waals surface area contributed by atoms with Gasteiger partial charge in [0, 0.05) is 17.0 Å². The summed E-state index contributed by atoms with van der Waals surface area (Å²) >= 11 is 0. The van der Waals surface area contributed by atoms with E-state index in [4.69, 9.17) is 19.8 Å². The third-order valence-electron chi connectivity index (χ3n) is 6.56. The van der Waals surface area contributed by atoms with E-state index in [0.717, 1.165) is 19.3 Å². The van der Waals surface area contributed by atoms with Crippen molar-refractivity contribution in [2.45, 2.75) is 58.4 Å². The molecule has 0 spiro atoms. The highest BCUT2D eigenvalue weighted by Crippen LogP contribution is 2.24. The SMILES string of the molecule is CCCCC[C@@H](C(=O)NCNC(=O)c1ccc(-c2cccc(C(=O)N[C@@H](CC(=O)O)C(=O)O)c2)o1)[C@@H](CC)C(=O)NO. The quantitative estimate of drug-likeness (QED) is 0.0617. The monoisotopic (exact) mass is 588 g/mol. The number of hydroxylamine groups is 1. The van der Waals surface area contributed by atoms with Gasteiger partial charge in [-0.3, -0.25) is 29.2 Å². The van der Waals surface area contributed by atoms with Crippen LogP contribution in [0, 0.1) is 11.8 Å². The summed E-state index contributed by atoms with van der Waals surface area (Å²) < 4.78 is 5.60. The van der Waals surface area contributed by atoms with E-state index in [2.05, 4.69) is 16.0 Å². The van der Waals surface area contributed by atoms with Gasteiger partial charge in [-0.15, -0.1) is 0 Å². The minimum Gasteiger partial charge on any atom is -0.481 e. The van der Waals surface area contributed by atoms with Crippen molar-refractivity contribution in [3.63, 3.8) is 0 Å². The van der Waals surface area contributed by atoms with E-state index in [1.807, 2.05) is 6.92 Å². The van der Waals surface area contributed by atoms with E-state index >= 15 is 0 Å². The van der Waals surface area contributed by atoms with Crippen LogP contribution < -0.4 is 21.4 Å². The second-order valence-electron chi connectivity index (χ2n) is 9.52. The minimum atomic E-state index is -1.62. The maximum Gasteiger partial charge on any atom is 0.326 e. The summed E-state index contributed by atoms with van der Waals surface area (Å²) in [5, 5.41) is 34.3. The number of carbonyl (C=O) groups is 6. The number of unbranched alkanes of at least 4 members (excludes halogenated alkanes) is 2. The summed E-state index contributed by atoms with van der Waals surface area (Å²) in [6, 6.07) is 7.14. The molecule has 7 N–H and O–H groups in total. The Bertz CT molecular complexity index is 1270. The number of carboxylic acid groups (broad SMARTS) is 2. The fraction of sp³-hybridized carbons (Fsp3) is 0.429. The van der Waals surface area contributed by atoms with Gasteiger partial charge in [-0.2, -0.15) is 0 Å². The maximum atomic E-state index is 12.9. The Morgan fingerprint density at radius 2 is 1.62 bits per heavy atom. The van der Waals surface area contributed by atoms with Crippen molar-refractivity contribution in [1.29, 1.82) is 0 Å². The van der Waals surface area contributed by atoms with Crippen LogP contribution in [0.3, 0.4) is 0 Å². The van der Waals surface area contributed by atoms with Gasteiger partial charge in [0.1, 0.15) is 11.8 Å². The topological polar surface area (TPSA) is 224 Å². The van der Waals surface area contributed by atoms with E-state index in [-0.39, 0.29) is 23.8 Å². The molecule has 0 aliphatic heterocycles. The van der Waals surface area contributed by atoms with Crippen LogP contribution in [0.1, 0.15) is 73.3 Å². The molecule has 2 rings (SSSR count). The molecule has 1 aromatic heterocycles. The average molecular weight is 589 g/mol. The van der Waals surface area contributed by atoms with Crippen molar-refractivity contribution in [1.82, 2.24) is 21.4 Å². The first-order valence-corrected chi connectivity index (χ1v) is 13.5. The van der Waals surface area contributed by atoms with E-state index < -0.39 is 59.9 Å². The molecule has 0 unspecified atom stereocenters. The van der Waals surface area contributed by atoms with Gasteiger partial charge in [-0.05, 0) is 37.1 Å². The van der Waals surface area contributed by atoms with Crippen LogP contribution in [0.25, 0.3) is 11.3 Å². The molecule has 4 amide bonds. The molecule has 0 aliphatic rings. The molecule has 1 heterocycles. The highest BCUT2D eigenvalue weighted by atomic mass is 16.5.